The van der Waals surface area contributed by atoms with Crippen molar-refractivity contribution in [2.24, 2.45) is 5.92 Å². The molecule has 1 aliphatic rings. The Hall–Kier alpha value is -0.530. The molecule has 1 saturated carbocycles. The van der Waals surface area contributed by atoms with E-state index in [-0.39, 0.29) is 0 Å². The van der Waals surface area contributed by atoms with Gasteiger partial charge >= 0.3 is 0 Å². The smallest absolute Gasteiger partial charge is 0.0438 e. The summed E-state index contributed by atoms with van der Waals surface area (Å²) in [5.74, 6) is 0.810. The number of hydrogen-bond donors (Lipinski definition) is 1. The molecule has 2 heteroatoms. The van der Waals surface area contributed by atoms with Crippen molar-refractivity contribution in [2.45, 2.75) is 52.1 Å². The third kappa shape index (κ3) is 3.46. The summed E-state index contributed by atoms with van der Waals surface area (Å²) in [5.41, 5.74) is 2.44. The van der Waals surface area contributed by atoms with Crippen LogP contribution in [0.3, 0.4) is 0 Å². The molecule has 2 unspecified atom stereocenters. The van der Waals surface area contributed by atoms with E-state index >= 15 is 0 Å². The Morgan fingerprint density at radius 3 is 2.76 bits per heavy atom. The molecule has 2 rings (SSSR count). The first-order valence-corrected chi connectivity index (χ1v) is 7.03. The SMILES string of the molecule is Cc1ccc(CNC2CCCCC2C)cc1Cl. The van der Waals surface area contributed by atoms with E-state index in [0.717, 1.165) is 23.0 Å². The van der Waals surface area contributed by atoms with E-state index in [1.165, 1.54) is 31.2 Å². The molecule has 0 saturated heterocycles. The van der Waals surface area contributed by atoms with E-state index in [0.29, 0.717) is 6.04 Å². The highest BCUT2D eigenvalue weighted by molar-refractivity contribution is 6.31. The lowest BCUT2D eigenvalue weighted by molar-refractivity contribution is 0.279. The molecule has 0 aromatic heterocycles. The molecule has 2 atom stereocenters. The van der Waals surface area contributed by atoms with Gasteiger partial charge in [0.2, 0.25) is 0 Å². The summed E-state index contributed by atoms with van der Waals surface area (Å²) in [5, 5.41) is 4.55. The molecule has 1 nitrogen and oxygen atoms in total. The lowest BCUT2D eigenvalue weighted by Crippen LogP contribution is -2.36. The number of benzene rings is 1. The van der Waals surface area contributed by atoms with Crippen LogP contribution in [0.5, 0.6) is 0 Å². The molecule has 0 radical (unpaired) electrons. The minimum absolute atomic E-state index is 0.684. The van der Waals surface area contributed by atoms with Crippen molar-refractivity contribution in [1.82, 2.24) is 5.32 Å². The lowest BCUT2D eigenvalue weighted by Gasteiger charge is -2.29. The summed E-state index contributed by atoms with van der Waals surface area (Å²) < 4.78 is 0. The van der Waals surface area contributed by atoms with Gasteiger partial charge in [0, 0.05) is 17.6 Å². The van der Waals surface area contributed by atoms with Crippen molar-refractivity contribution < 1.29 is 0 Å². The Bertz CT molecular complexity index is 375. The number of aryl methyl sites for hydroxylation is 1. The van der Waals surface area contributed by atoms with Gasteiger partial charge in [-0.1, -0.05) is 43.5 Å². The van der Waals surface area contributed by atoms with Crippen LogP contribution < -0.4 is 5.32 Å². The fraction of sp³-hybridized carbons (Fsp3) is 0.600. The van der Waals surface area contributed by atoms with Gasteiger partial charge in [-0.3, -0.25) is 0 Å². The quantitative estimate of drug-likeness (QED) is 0.844. The molecule has 0 amide bonds. The van der Waals surface area contributed by atoms with E-state index < -0.39 is 0 Å². The minimum Gasteiger partial charge on any atom is -0.310 e. The van der Waals surface area contributed by atoms with Crippen LogP contribution in [-0.2, 0) is 6.54 Å². The van der Waals surface area contributed by atoms with Crippen molar-refractivity contribution in [2.75, 3.05) is 0 Å². The molecular weight excluding hydrogens is 230 g/mol. The molecule has 0 aliphatic heterocycles. The van der Waals surface area contributed by atoms with Crippen LogP contribution >= 0.6 is 11.6 Å². The molecule has 17 heavy (non-hydrogen) atoms. The average Bonchev–Trinajstić information content (AvgIpc) is 2.32. The molecule has 0 bridgehead atoms. The van der Waals surface area contributed by atoms with Gasteiger partial charge in [-0.25, -0.2) is 0 Å². The van der Waals surface area contributed by atoms with Crippen molar-refractivity contribution in [3.63, 3.8) is 0 Å². The fourth-order valence-corrected chi connectivity index (χ4v) is 2.82. The van der Waals surface area contributed by atoms with Crippen LogP contribution in [0.1, 0.15) is 43.7 Å². The van der Waals surface area contributed by atoms with Crippen LogP contribution in [0.4, 0.5) is 0 Å². The van der Waals surface area contributed by atoms with E-state index in [1.807, 2.05) is 6.92 Å². The van der Waals surface area contributed by atoms with Gasteiger partial charge in [0.15, 0.2) is 0 Å². The van der Waals surface area contributed by atoms with Crippen molar-refractivity contribution >= 4 is 11.6 Å². The monoisotopic (exact) mass is 251 g/mol. The van der Waals surface area contributed by atoms with Gasteiger partial charge in [0.1, 0.15) is 0 Å². The summed E-state index contributed by atoms with van der Waals surface area (Å²) >= 11 is 6.14. The van der Waals surface area contributed by atoms with Gasteiger partial charge < -0.3 is 5.32 Å². The summed E-state index contributed by atoms with van der Waals surface area (Å²) in [4.78, 5) is 0. The van der Waals surface area contributed by atoms with Crippen LogP contribution in [-0.4, -0.2) is 6.04 Å². The zero-order valence-corrected chi connectivity index (χ0v) is 11.6. The Kier molecular flexibility index (Phi) is 4.47. The van der Waals surface area contributed by atoms with E-state index in [4.69, 9.17) is 11.6 Å². The fourth-order valence-electron chi connectivity index (χ4n) is 2.61. The lowest BCUT2D eigenvalue weighted by atomic mass is 9.86. The minimum atomic E-state index is 0.684. The van der Waals surface area contributed by atoms with Crippen molar-refractivity contribution in [3.8, 4) is 0 Å². The van der Waals surface area contributed by atoms with E-state index in [2.05, 4.69) is 30.4 Å². The second kappa shape index (κ2) is 5.88. The maximum atomic E-state index is 6.14. The van der Waals surface area contributed by atoms with Crippen LogP contribution in [0, 0.1) is 12.8 Å². The Balaban J connectivity index is 1.90. The molecule has 0 spiro atoms. The number of halogens is 1. The molecule has 1 aromatic carbocycles. The Labute approximate surface area is 110 Å². The summed E-state index contributed by atoms with van der Waals surface area (Å²) in [6, 6.07) is 7.03. The predicted molar refractivity (Wildman–Crippen MR) is 74.4 cm³/mol. The first-order chi connectivity index (χ1) is 8.16. The largest absolute Gasteiger partial charge is 0.310 e. The van der Waals surface area contributed by atoms with Crippen LogP contribution in [0.2, 0.25) is 5.02 Å². The highest BCUT2D eigenvalue weighted by Crippen LogP contribution is 2.24. The summed E-state index contributed by atoms with van der Waals surface area (Å²) in [6.07, 6.45) is 5.46. The third-order valence-electron chi connectivity index (χ3n) is 3.92. The molecule has 1 aromatic rings. The maximum absolute atomic E-state index is 6.14. The molecule has 1 fully saturated rings. The first kappa shape index (κ1) is 12.9. The second-order valence-corrected chi connectivity index (χ2v) is 5.74. The van der Waals surface area contributed by atoms with E-state index in [9.17, 15) is 0 Å². The predicted octanol–water partition coefficient (Wildman–Crippen LogP) is 4.32. The van der Waals surface area contributed by atoms with Crippen LogP contribution in [0.25, 0.3) is 0 Å². The molecular formula is C15H22ClN. The standard InChI is InChI=1S/C15H22ClN/c1-11-7-8-13(9-14(11)16)10-17-15-6-4-3-5-12(15)2/h7-9,12,15,17H,3-6,10H2,1-2H3. The van der Waals surface area contributed by atoms with Gasteiger partial charge in [-0.05, 0) is 42.9 Å². The van der Waals surface area contributed by atoms with E-state index in [1.54, 1.807) is 0 Å². The normalized spacial score (nSPS) is 24.9. The molecule has 0 heterocycles. The first-order valence-electron chi connectivity index (χ1n) is 6.65. The van der Waals surface area contributed by atoms with Crippen molar-refractivity contribution in [3.05, 3.63) is 34.3 Å². The second-order valence-electron chi connectivity index (χ2n) is 5.33. The maximum Gasteiger partial charge on any atom is 0.0438 e. The number of hydrogen-bond acceptors (Lipinski definition) is 1. The highest BCUT2D eigenvalue weighted by Gasteiger charge is 2.20. The Morgan fingerprint density at radius 1 is 1.29 bits per heavy atom. The summed E-state index contributed by atoms with van der Waals surface area (Å²) in [6.45, 7) is 5.34. The van der Waals surface area contributed by atoms with Crippen molar-refractivity contribution in [1.29, 1.82) is 0 Å². The molecule has 1 N–H and O–H groups in total. The van der Waals surface area contributed by atoms with Gasteiger partial charge in [-0.15, -0.1) is 0 Å². The average molecular weight is 252 g/mol. The number of nitrogens with one attached hydrogen (secondary N) is 1. The topological polar surface area (TPSA) is 12.0 Å². The highest BCUT2D eigenvalue weighted by atomic mass is 35.5. The third-order valence-corrected chi connectivity index (χ3v) is 4.32. The van der Waals surface area contributed by atoms with Crippen LogP contribution in [0.15, 0.2) is 18.2 Å². The Morgan fingerprint density at radius 2 is 2.06 bits per heavy atom. The molecule has 94 valence electrons. The van der Waals surface area contributed by atoms with Gasteiger partial charge in [-0.2, -0.15) is 0 Å². The summed E-state index contributed by atoms with van der Waals surface area (Å²) in [7, 11) is 0. The zero-order chi connectivity index (χ0) is 12.3. The van der Waals surface area contributed by atoms with Gasteiger partial charge in [0.05, 0.1) is 0 Å². The molecule has 1 aliphatic carbocycles. The van der Waals surface area contributed by atoms with Gasteiger partial charge in [0.25, 0.3) is 0 Å². The zero-order valence-electron chi connectivity index (χ0n) is 10.8. The number of rotatable bonds is 3.